The predicted octanol–water partition coefficient (Wildman–Crippen LogP) is 1.24. The summed E-state index contributed by atoms with van der Waals surface area (Å²) in [6.45, 7) is 1.87. The third-order valence-electron chi connectivity index (χ3n) is 5.33. The molecular formula is C23H25N7O3. The summed E-state index contributed by atoms with van der Waals surface area (Å²) in [7, 11) is 0. The minimum atomic E-state index is -0.484. The van der Waals surface area contributed by atoms with Crippen molar-refractivity contribution in [1.82, 2.24) is 30.9 Å². The second-order valence-corrected chi connectivity index (χ2v) is 7.76. The molecule has 2 aromatic heterocycles. The monoisotopic (exact) mass is 447 g/mol. The molecule has 0 aliphatic carbocycles. The third kappa shape index (κ3) is 5.42. The molecule has 33 heavy (non-hydrogen) atoms. The number of rotatable bonds is 6. The van der Waals surface area contributed by atoms with Gasteiger partial charge >= 0.3 is 0 Å². The van der Waals surface area contributed by atoms with Gasteiger partial charge in [0, 0.05) is 30.9 Å². The van der Waals surface area contributed by atoms with Crippen molar-refractivity contribution in [3.8, 4) is 17.0 Å². The number of carbonyl (C=O) groups is 2. The summed E-state index contributed by atoms with van der Waals surface area (Å²) < 4.78 is 0. The molecule has 0 bridgehead atoms. The van der Waals surface area contributed by atoms with Crippen LogP contribution in [0.2, 0.25) is 0 Å². The highest BCUT2D eigenvalue weighted by atomic mass is 16.3. The molecule has 1 aliphatic rings. The number of benzene rings is 1. The third-order valence-corrected chi connectivity index (χ3v) is 5.33. The SMILES string of the molecule is Nc1ncc(-c2cccc(CNC(=O)c3ncccc3O)c2)nc1C(=O)NC1CCCNC1. The number of hydrogen-bond donors (Lipinski definition) is 5. The van der Waals surface area contributed by atoms with Gasteiger partial charge in [0.1, 0.15) is 5.75 Å². The molecule has 1 aliphatic heterocycles. The van der Waals surface area contributed by atoms with Crippen LogP contribution in [0.15, 0.2) is 48.8 Å². The number of piperidine rings is 1. The van der Waals surface area contributed by atoms with Crippen molar-refractivity contribution in [3.05, 3.63) is 65.7 Å². The van der Waals surface area contributed by atoms with E-state index in [0.717, 1.165) is 30.5 Å². The van der Waals surface area contributed by atoms with E-state index in [1.165, 1.54) is 18.5 Å². The number of aromatic nitrogens is 3. The Morgan fingerprint density at radius 1 is 1.15 bits per heavy atom. The maximum Gasteiger partial charge on any atom is 0.274 e. The lowest BCUT2D eigenvalue weighted by atomic mass is 10.1. The van der Waals surface area contributed by atoms with Gasteiger partial charge in [-0.25, -0.2) is 15.0 Å². The van der Waals surface area contributed by atoms with Crippen molar-refractivity contribution in [3.63, 3.8) is 0 Å². The highest BCUT2D eigenvalue weighted by Crippen LogP contribution is 2.20. The minimum Gasteiger partial charge on any atom is -0.505 e. The second-order valence-electron chi connectivity index (χ2n) is 7.76. The lowest BCUT2D eigenvalue weighted by Crippen LogP contribution is -2.46. The van der Waals surface area contributed by atoms with Gasteiger partial charge in [0.05, 0.1) is 11.9 Å². The van der Waals surface area contributed by atoms with Crippen molar-refractivity contribution >= 4 is 17.6 Å². The topological polar surface area (TPSA) is 155 Å². The van der Waals surface area contributed by atoms with E-state index in [9.17, 15) is 14.7 Å². The minimum absolute atomic E-state index is 0.0292. The lowest BCUT2D eigenvalue weighted by Gasteiger charge is -2.23. The molecule has 1 fully saturated rings. The predicted molar refractivity (Wildman–Crippen MR) is 122 cm³/mol. The molecule has 0 radical (unpaired) electrons. The molecule has 3 aromatic rings. The van der Waals surface area contributed by atoms with Crippen molar-refractivity contribution < 1.29 is 14.7 Å². The summed E-state index contributed by atoms with van der Waals surface area (Å²) in [5.74, 6) is -0.953. The quantitative estimate of drug-likeness (QED) is 0.378. The Kier molecular flexibility index (Phi) is 6.75. The Hall–Kier alpha value is -4.05. The van der Waals surface area contributed by atoms with E-state index in [2.05, 4.69) is 30.9 Å². The van der Waals surface area contributed by atoms with Gasteiger partial charge in [0.25, 0.3) is 11.8 Å². The molecule has 1 aromatic carbocycles. The van der Waals surface area contributed by atoms with Crippen LogP contribution in [-0.4, -0.2) is 51.0 Å². The van der Waals surface area contributed by atoms with E-state index in [1.54, 1.807) is 6.07 Å². The van der Waals surface area contributed by atoms with Crippen molar-refractivity contribution in [2.24, 2.45) is 0 Å². The molecule has 2 amide bonds. The van der Waals surface area contributed by atoms with E-state index < -0.39 is 5.91 Å². The summed E-state index contributed by atoms with van der Waals surface area (Å²) in [5, 5.41) is 18.7. The number of pyridine rings is 1. The van der Waals surface area contributed by atoms with Crippen molar-refractivity contribution in [2.45, 2.75) is 25.4 Å². The number of aromatic hydroxyl groups is 1. The Labute approximate surface area is 190 Å². The molecule has 6 N–H and O–H groups in total. The van der Waals surface area contributed by atoms with E-state index in [4.69, 9.17) is 5.73 Å². The molecule has 170 valence electrons. The number of carbonyl (C=O) groups excluding carboxylic acids is 2. The van der Waals surface area contributed by atoms with Gasteiger partial charge < -0.3 is 26.8 Å². The first-order chi connectivity index (χ1) is 16.0. The molecular weight excluding hydrogens is 422 g/mol. The van der Waals surface area contributed by atoms with Crippen molar-refractivity contribution in [2.75, 3.05) is 18.8 Å². The van der Waals surface area contributed by atoms with Crippen molar-refractivity contribution in [1.29, 1.82) is 0 Å². The van der Waals surface area contributed by atoms with E-state index >= 15 is 0 Å². The number of amides is 2. The molecule has 4 rings (SSSR count). The number of nitrogen functional groups attached to an aromatic ring is 1. The van der Waals surface area contributed by atoms with E-state index in [0.29, 0.717) is 12.2 Å². The summed E-state index contributed by atoms with van der Waals surface area (Å²) in [5.41, 5.74) is 7.99. The Bertz CT molecular complexity index is 1160. The normalized spacial score (nSPS) is 15.6. The Morgan fingerprint density at radius 2 is 2.03 bits per heavy atom. The maximum absolute atomic E-state index is 12.7. The summed E-state index contributed by atoms with van der Waals surface area (Å²) >= 11 is 0. The fraction of sp³-hybridized carbons (Fsp3) is 0.261. The standard InChI is InChI=1S/C23H25N7O3/c24-21-20(23(33)29-16-6-2-8-25-12-16)30-17(13-27-21)15-5-1-4-14(10-15)11-28-22(32)19-18(31)7-3-9-26-19/h1,3-5,7,9-10,13,16,25,31H,2,6,8,11-12H2,(H2,24,27)(H,28,32)(H,29,33). The Balaban J connectivity index is 1.47. The summed E-state index contributed by atoms with van der Waals surface area (Å²) in [4.78, 5) is 37.5. The van der Waals surface area contributed by atoms with Crippen LogP contribution in [0.25, 0.3) is 11.3 Å². The molecule has 0 saturated carbocycles. The van der Waals surface area contributed by atoms with Crippen LogP contribution in [0.4, 0.5) is 5.82 Å². The maximum atomic E-state index is 12.7. The largest absolute Gasteiger partial charge is 0.505 e. The van der Waals surface area contributed by atoms with E-state index in [1.807, 2.05) is 24.3 Å². The average molecular weight is 447 g/mol. The molecule has 1 saturated heterocycles. The van der Waals surface area contributed by atoms with Crippen LogP contribution in [0.5, 0.6) is 5.75 Å². The molecule has 3 heterocycles. The number of hydrogen-bond acceptors (Lipinski definition) is 8. The first-order valence-electron chi connectivity index (χ1n) is 10.7. The highest BCUT2D eigenvalue weighted by Gasteiger charge is 2.20. The van der Waals surface area contributed by atoms with Crippen LogP contribution in [0, 0.1) is 0 Å². The number of nitrogens with two attached hydrogens (primary N) is 1. The summed E-state index contributed by atoms with van der Waals surface area (Å²) in [6.07, 6.45) is 4.84. The van der Waals surface area contributed by atoms with Crippen LogP contribution in [0.1, 0.15) is 39.4 Å². The molecule has 1 unspecified atom stereocenters. The van der Waals surface area contributed by atoms with Gasteiger partial charge in [-0.05, 0) is 43.1 Å². The zero-order chi connectivity index (χ0) is 23.2. The fourth-order valence-corrected chi connectivity index (χ4v) is 3.61. The number of nitrogens with zero attached hydrogens (tertiary/aromatic N) is 3. The molecule has 10 heteroatoms. The molecule has 1 atom stereocenters. The highest BCUT2D eigenvalue weighted by molar-refractivity contribution is 5.97. The number of nitrogens with one attached hydrogen (secondary N) is 3. The fourth-order valence-electron chi connectivity index (χ4n) is 3.61. The molecule has 0 spiro atoms. The van der Waals surface area contributed by atoms with Gasteiger partial charge in [0.15, 0.2) is 17.2 Å². The lowest BCUT2D eigenvalue weighted by molar-refractivity contribution is 0.0923. The Morgan fingerprint density at radius 3 is 2.82 bits per heavy atom. The van der Waals surface area contributed by atoms with Gasteiger partial charge in [-0.1, -0.05) is 18.2 Å². The van der Waals surface area contributed by atoms with Crippen LogP contribution in [-0.2, 0) is 6.54 Å². The van der Waals surface area contributed by atoms with Gasteiger partial charge in [-0.3, -0.25) is 9.59 Å². The van der Waals surface area contributed by atoms with Gasteiger partial charge in [0.2, 0.25) is 0 Å². The second kappa shape index (κ2) is 10.0. The van der Waals surface area contributed by atoms with Crippen LogP contribution < -0.4 is 21.7 Å². The molecule has 10 nitrogen and oxygen atoms in total. The number of anilines is 1. The van der Waals surface area contributed by atoms with Crippen LogP contribution in [0.3, 0.4) is 0 Å². The van der Waals surface area contributed by atoms with Gasteiger partial charge in [-0.15, -0.1) is 0 Å². The first-order valence-corrected chi connectivity index (χ1v) is 10.7. The zero-order valence-corrected chi connectivity index (χ0v) is 17.9. The van der Waals surface area contributed by atoms with E-state index in [-0.39, 0.29) is 41.4 Å². The smallest absolute Gasteiger partial charge is 0.274 e. The first kappa shape index (κ1) is 22.2. The van der Waals surface area contributed by atoms with Gasteiger partial charge in [-0.2, -0.15) is 0 Å². The summed E-state index contributed by atoms with van der Waals surface area (Å²) in [6, 6.07) is 10.3. The zero-order valence-electron chi connectivity index (χ0n) is 17.9. The van der Waals surface area contributed by atoms with Crippen LogP contribution >= 0.6 is 0 Å². The average Bonchev–Trinajstić information content (AvgIpc) is 2.84.